The molecule has 1 fully saturated rings. The molecule has 1 N–H and O–H groups in total. The molecule has 32 heavy (non-hydrogen) atoms. The molecule has 3 aromatic rings. The summed E-state index contributed by atoms with van der Waals surface area (Å²) in [4.78, 5) is 33.5. The fourth-order valence-electron chi connectivity index (χ4n) is 3.87. The smallest absolute Gasteiger partial charge is 0.251 e. The van der Waals surface area contributed by atoms with Gasteiger partial charge in [0.25, 0.3) is 5.56 Å². The minimum absolute atomic E-state index is 0.0323. The maximum absolute atomic E-state index is 12.6. The van der Waals surface area contributed by atoms with Crippen molar-refractivity contribution in [3.8, 4) is 0 Å². The van der Waals surface area contributed by atoms with Crippen molar-refractivity contribution in [2.45, 2.75) is 13.0 Å². The maximum atomic E-state index is 12.6. The molecule has 166 valence electrons. The highest BCUT2D eigenvalue weighted by atomic mass is 79.9. The number of piperazine rings is 1. The summed E-state index contributed by atoms with van der Waals surface area (Å²) in [5.74, 6) is -0.228. The first-order valence-electron chi connectivity index (χ1n) is 10.7. The van der Waals surface area contributed by atoms with Crippen LogP contribution in [0.4, 0.5) is 11.4 Å². The number of carbonyl (C=O) groups is 1. The highest BCUT2D eigenvalue weighted by Crippen LogP contribution is 2.26. The van der Waals surface area contributed by atoms with Crippen molar-refractivity contribution in [1.29, 1.82) is 0 Å². The number of hydrogen-bond donors (Lipinski definition) is 1. The van der Waals surface area contributed by atoms with Gasteiger partial charge in [0.1, 0.15) is 6.54 Å². The first kappa shape index (κ1) is 22.2. The van der Waals surface area contributed by atoms with Crippen molar-refractivity contribution >= 4 is 33.2 Å². The minimum Gasteiger partial charge on any atom is -0.367 e. The number of nitrogens with one attached hydrogen (secondary N) is 1. The molecule has 3 heterocycles. The van der Waals surface area contributed by atoms with E-state index in [-0.39, 0.29) is 18.0 Å². The Bertz CT molecular complexity index is 1110. The highest BCUT2D eigenvalue weighted by molar-refractivity contribution is 9.10. The Hall–Kier alpha value is -2.97. The minimum atomic E-state index is -0.228. The topological polar surface area (TPSA) is 70.5 Å². The molecule has 0 radical (unpaired) electrons. The predicted molar refractivity (Wildman–Crippen MR) is 130 cm³/mol. The van der Waals surface area contributed by atoms with Crippen molar-refractivity contribution in [2.24, 2.45) is 0 Å². The third kappa shape index (κ3) is 5.83. The predicted octanol–water partition coefficient (Wildman–Crippen LogP) is 3.01. The van der Waals surface area contributed by atoms with E-state index in [9.17, 15) is 9.59 Å². The van der Waals surface area contributed by atoms with Crippen molar-refractivity contribution in [2.75, 3.05) is 42.9 Å². The molecular weight excluding hydrogens is 470 g/mol. The van der Waals surface area contributed by atoms with Crippen LogP contribution in [0, 0.1) is 0 Å². The SMILES string of the molecule is O=C(Cn1cc(Br)ccc1=O)Nc1ccccc1N1CCN(CCc2ccncc2)CC1. The van der Waals surface area contributed by atoms with E-state index in [1.807, 2.05) is 36.7 Å². The molecule has 0 spiro atoms. The Morgan fingerprint density at radius 1 is 1.00 bits per heavy atom. The summed E-state index contributed by atoms with van der Waals surface area (Å²) < 4.78 is 2.15. The Morgan fingerprint density at radius 3 is 2.53 bits per heavy atom. The van der Waals surface area contributed by atoms with E-state index in [4.69, 9.17) is 0 Å². The van der Waals surface area contributed by atoms with Gasteiger partial charge in [-0.15, -0.1) is 0 Å². The van der Waals surface area contributed by atoms with Crippen LogP contribution in [0.5, 0.6) is 0 Å². The zero-order chi connectivity index (χ0) is 22.3. The van der Waals surface area contributed by atoms with Crippen LogP contribution in [0.2, 0.25) is 0 Å². The van der Waals surface area contributed by atoms with Crippen molar-refractivity contribution in [3.63, 3.8) is 0 Å². The van der Waals surface area contributed by atoms with Gasteiger partial charge in [-0.2, -0.15) is 0 Å². The standard InChI is InChI=1S/C24H26BrN5O2/c25-20-5-6-24(32)30(17-20)18-23(31)27-21-3-1-2-4-22(21)29-15-13-28(14-16-29)12-9-19-7-10-26-11-8-19/h1-8,10-11,17H,9,12-16,18H2,(H,27,31). The van der Waals surface area contributed by atoms with E-state index >= 15 is 0 Å². The van der Waals surface area contributed by atoms with Gasteiger partial charge in [0, 0.05) is 61.9 Å². The normalized spacial score (nSPS) is 14.3. The van der Waals surface area contributed by atoms with Crippen molar-refractivity contribution < 1.29 is 4.79 Å². The van der Waals surface area contributed by atoms with E-state index in [0.717, 1.165) is 55.0 Å². The number of benzene rings is 1. The molecule has 1 aliphatic heterocycles. The third-order valence-corrected chi connectivity index (χ3v) is 6.09. The van der Waals surface area contributed by atoms with Crippen molar-refractivity contribution in [3.05, 3.63) is 87.5 Å². The summed E-state index contributed by atoms with van der Waals surface area (Å²) in [7, 11) is 0. The lowest BCUT2D eigenvalue weighted by Gasteiger charge is -2.37. The lowest BCUT2D eigenvalue weighted by atomic mass is 10.1. The lowest BCUT2D eigenvalue weighted by Crippen LogP contribution is -2.47. The fraction of sp³-hybridized carbons (Fsp3) is 0.292. The summed E-state index contributed by atoms with van der Waals surface area (Å²) in [6, 6.07) is 15.1. The van der Waals surface area contributed by atoms with Gasteiger partial charge < -0.3 is 14.8 Å². The summed E-state index contributed by atoms with van der Waals surface area (Å²) in [5.41, 5.74) is 2.88. The quantitative estimate of drug-likeness (QED) is 0.545. The Labute approximate surface area is 195 Å². The van der Waals surface area contributed by atoms with Crippen LogP contribution in [0.1, 0.15) is 5.56 Å². The van der Waals surface area contributed by atoms with E-state index in [0.29, 0.717) is 0 Å². The number of pyridine rings is 2. The molecule has 7 nitrogen and oxygen atoms in total. The van der Waals surface area contributed by atoms with Gasteiger partial charge in [0.2, 0.25) is 5.91 Å². The summed E-state index contributed by atoms with van der Waals surface area (Å²) in [6.07, 6.45) is 6.32. The summed E-state index contributed by atoms with van der Waals surface area (Å²) >= 11 is 3.34. The second-order valence-corrected chi connectivity index (χ2v) is 8.73. The highest BCUT2D eigenvalue weighted by Gasteiger charge is 2.19. The number of halogens is 1. The number of aromatic nitrogens is 2. The first-order valence-corrected chi connectivity index (χ1v) is 11.5. The van der Waals surface area contributed by atoms with E-state index in [1.54, 1.807) is 12.3 Å². The van der Waals surface area contributed by atoms with Gasteiger partial charge in [-0.3, -0.25) is 19.5 Å². The zero-order valence-corrected chi connectivity index (χ0v) is 19.4. The van der Waals surface area contributed by atoms with Crippen LogP contribution < -0.4 is 15.8 Å². The number of amides is 1. The number of hydrogen-bond acceptors (Lipinski definition) is 5. The van der Waals surface area contributed by atoms with Crippen molar-refractivity contribution in [1.82, 2.24) is 14.5 Å². The molecule has 0 saturated carbocycles. The molecule has 0 aliphatic carbocycles. The Morgan fingerprint density at radius 2 is 1.75 bits per heavy atom. The zero-order valence-electron chi connectivity index (χ0n) is 17.8. The molecule has 0 unspecified atom stereocenters. The molecule has 1 saturated heterocycles. The molecular formula is C24H26BrN5O2. The van der Waals surface area contributed by atoms with Crippen LogP contribution in [0.25, 0.3) is 0 Å². The van der Waals surface area contributed by atoms with Crippen LogP contribution in [0.3, 0.4) is 0 Å². The second kappa shape index (κ2) is 10.6. The van der Waals surface area contributed by atoms with Crippen LogP contribution in [0.15, 0.2) is 76.4 Å². The van der Waals surface area contributed by atoms with Crippen LogP contribution >= 0.6 is 15.9 Å². The number of anilines is 2. The van der Waals surface area contributed by atoms with E-state index in [1.165, 1.54) is 16.2 Å². The lowest BCUT2D eigenvalue weighted by molar-refractivity contribution is -0.116. The fourth-order valence-corrected chi connectivity index (χ4v) is 4.25. The number of para-hydroxylation sites is 2. The number of rotatable bonds is 7. The van der Waals surface area contributed by atoms with Gasteiger partial charge in [-0.1, -0.05) is 12.1 Å². The molecule has 0 atom stereocenters. The van der Waals surface area contributed by atoms with E-state index < -0.39 is 0 Å². The molecule has 1 aromatic carbocycles. The second-order valence-electron chi connectivity index (χ2n) is 7.81. The number of carbonyl (C=O) groups excluding carboxylic acids is 1. The molecule has 1 amide bonds. The summed E-state index contributed by atoms with van der Waals surface area (Å²) in [6.45, 7) is 4.73. The monoisotopic (exact) mass is 495 g/mol. The molecule has 4 rings (SSSR count). The molecule has 8 heteroatoms. The van der Waals surface area contributed by atoms with Gasteiger partial charge in [0.15, 0.2) is 0 Å². The molecule has 0 bridgehead atoms. The van der Waals surface area contributed by atoms with Gasteiger partial charge in [-0.05, 0) is 58.2 Å². The molecule has 1 aliphatic rings. The first-order chi connectivity index (χ1) is 15.6. The Balaban J connectivity index is 1.35. The largest absolute Gasteiger partial charge is 0.367 e. The average molecular weight is 496 g/mol. The summed E-state index contributed by atoms with van der Waals surface area (Å²) in [5, 5.41) is 2.99. The van der Waals surface area contributed by atoms with E-state index in [2.05, 4.69) is 48.2 Å². The third-order valence-electron chi connectivity index (χ3n) is 5.62. The maximum Gasteiger partial charge on any atom is 0.251 e. The molecule has 2 aromatic heterocycles. The van der Waals surface area contributed by atoms with Gasteiger partial charge in [-0.25, -0.2) is 0 Å². The van der Waals surface area contributed by atoms with Gasteiger partial charge >= 0.3 is 0 Å². The average Bonchev–Trinajstić information content (AvgIpc) is 2.81. The Kier molecular flexibility index (Phi) is 7.34. The number of nitrogens with zero attached hydrogens (tertiary/aromatic N) is 4. The van der Waals surface area contributed by atoms with Crippen LogP contribution in [-0.4, -0.2) is 53.1 Å². The van der Waals surface area contributed by atoms with Crippen LogP contribution in [-0.2, 0) is 17.8 Å². The van der Waals surface area contributed by atoms with Gasteiger partial charge in [0.05, 0.1) is 11.4 Å².